The van der Waals surface area contributed by atoms with Crippen LogP contribution in [0.5, 0.6) is 0 Å². The number of guanidine groups is 1. The third kappa shape index (κ3) is 7.47. The number of hydrogen-bond donors (Lipinski definition) is 3. The van der Waals surface area contributed by atoms with Crippen molar-refractivity contribution in [1.29, 1.82) is 0 Å². The molecular formula is C17H25IN4O2S. The summed E-state index contributed by atoms with van der Waals surface area (Å²) in [6, 6.07) is 3.85. The molecule has 2 heterocycles. The molecule has 0 aliphatic rings. The number of rotatable bonds is 8. The molecule has 8 heteroatoms. The highest BCUT2D eigenvalue weighted by Gasteiger charge is 2.11. The van der Waals surface area contributed by atoms with Crippen molar-refractivity contribution in [3.05, 3.63) is 46.0 Å². The number of nitrogens with zero attached hydrogens (tertiary/aromatic N) is 1. The zero-order valence-corrected chi connectivity index (χ0v) is 17.6. The van der Waals surface area contributed by atoms with Crippen LogP contribution in [-0.4, -0.2) is 31.5 Å². The van der Waals surface area contributed by atoms with Crippen molar-refractivity contribution in [1.82, 2.24) is 16.0 Å². The summed E-state index contributed by atoms with van der Waals surface area (Å²) >= 11 is 1.67. The largest absolute Gasteiger partial charge is 0.459 e. The first-order chi connectivity index (χ1) is 11.7. The number of nitrogens with one attached hydrogen (secondary N) is 3. The molecule has 2 aromatic rings. The van der Waals surface area contributed by atoms with E-state index in [1.165, 1.54) is 11.8 Å². The standard InChI is InChI=1S/C17H24N4O2S.HI/c1-3-18-17(21-11-14-6-10-24-12-14)20-8-4-7-19-16(22)15-13(2)5-9-23-15;/h5-6,9-10,12H,3-4,7-8,11H2,1-2H3,(H,19,22)(H2,18,20,21);1H. The highest BCUT2D eigenvalue weighted by molar-refractivity contribution is 14.0. The van der Waals surface area contributed by atoms with Gasteiger partial charge in [-0.1, -0.05) is 0 Å². The van der Waals surface area contributed by atoms with E-state index in [2.05, 4.69) is 37.8 Å². The van der Waals surface area contributed by atoms with Crippen molar-refractivity contribution in [3.63, 3.8) is 0 Å². The van der Waals surface area contributed by atoms with E-state index >= 15 is 0 Å². The number of aliphatic imine (C=N–C) groups is 1. The van der Waals surface area contributed by atoms with E-state index in [1.807, 2.05) is 13.8 Å². The summed E-state index contributed by atoms with van der Waals surface area (Å²) in [6.07, 6.45) is 2.33. The molecule has 0 fully saturated rings. The van der Waals surface area contributed by atoms with Gasteiger partial charge >= 0.3 is 0 Å². The van der Waals surface area contributed by atoms with Crippen molar-refractivity contribution < 1.29 is 9.21 Å². The maximum atomic E-state index is 11.9. The van der Waals surface area contributed by atoms with E-state index in [0.717, 1.165) is 31.0 Å². The molecule has 0 saturated carbocycles. The number of aryl methyl sites for hydroxylation is 1. The Balaban J connectivity index is 0.00000312. The summed E-state index contributed by atoms with van der Waals surface area (Å²) < 4.78 is 5.16. The minimum atomic E-state index is -0.171. The Kier molecular flexibility index (Phi) is 10.2. The van der Waals surface area contributed by atoms with Crippen molar-refractivity contribution in [2.75, 3.05) is 19.6 Å². The smallest absolute Gasteiger partial charge is 0.287 e. The molecule has 138 valence electrons. The first-order valence-electron chi connectivity index (χ1n) is 8.06. The fraction of sp³-hybridized carbons (Fsp3) is 0.412. The van der Waals surface area contributed by atoms with Crippen LogP contribution in [0.3, 0.4) is 0 Å². The van der Waals surface area contributed by atoms with Crippen LogP contribution in [0, 0.1) is 6.92 Å². The number of carbonyl (C=O) groups is 1. The van der Waals surface area contributed by atoms with Gasteiger partial charge in [-0.2, -0.15) is 11.3 Å². The Morgan fingerprint density at radius 3 is 2.68 bits per heavy atom. The lowest BCUT2D eigenvalue weighted by Gasteiger charge is -2.11. The van der Waals surface area contributed by atoms with Crippen LogP contribution in [0.1, 0.15) is 35.0 Å². The minimum absolute atomic E-state index is 0. The van der Waals surface area contributed by atoms with Crippen LogP contribution in [0.15, 0.2) is 38.6 Å². The van der Waals surface area contributed by atoms with Crippen molar-refractivity contribution in [2.45, 2.75) is 26.8 Å². The summed E-state index contributed by atoms with van der Waals surface area (Å²) in [5.74, 6) is 1.00. The maximum Gasteiger partial charge on any atom is 0.287 e. The van der Waals surface area contributed by atoms with E-state index in [1.54, 1.807) is 17.4 Å². The summed E-state index contributed by atoms with van der Waals surface area (Å²) in [5.41, 5.74) is 2.05. The topological polar surface area (TPSA) is 78.7 Å². The maximum absolute atomic E-state index is 11.9. The van der Waals surface area contributed by atoms with Gasteiger partial charge in [-0.3, -0.25) is 4.79 Å². The Morgan fingerprint density at radius 1 is 1.24 bits per heavy atom. The lowest BCUT2D eigenvalue weighted by atomic mass is 10.2. The van der Waals surface area contributed by atoms with Gasteiger partial charge in [0, 0.05) is 25.2 Å². The van der Waals surface area contributed by atoms with Crippen LogP contribution in [0.2, 0.25) is 0 Å². The quantitative estimate of drug-likeness (QED) is 0.237. The molecule has 0 radical (unpaired) electrons. The van der Waals surface area contributed by atoms with Gasteiger partial charge in [0.25, 0.3) is 5.91 Å². The molecule has 0 bridgehead atoms. The summed E-state index contributed by atoms with van der Waals surface area (Å²) in [7, 11) is 0. The van der Waals surface area contributed by atoms with Crippen LogP contribution in [0.25, 0.3) is 0 Å². The molecule has 2 aromatic heterocycles. The van der Waals surface area contributed by atoms with E-state index in [4.69, 9.17) is 4.42 Å². The molecule has 1 amide bonds. The summed E-state index contributed by atoms with van der Waals surface area (Å²) in [6.45, 7) is 6.67. The van der Waals surface area contributed by atoms with Crippen LogP contribution in [0.4, 0.5) is 0 Å². The molecule has 0 spiro atoms. The van der Waals surface area contributed by atoms with Gasteiger partial charge in [-0.15, -0.1) is 24.0 Å². The molecule has 0 unspecified atom stereocenters. The van der Waals surface area contributed by atoms with E-state index in [9.17, 15) is 4.79 Å². The van der Waals surface area contributed by atoms with Crippen molar-refractivity contribution in [3.8, 4) is 0 Å². The first-order valence-corrected chi connectivity index (χ1v) is 9.00. The van der Waals surface area contributed by atoms with Crippen LogP contribution < -0.4 is 16.0 Å². The average Bonchev–Trinajstić information content (AvgIpc) is 3.23. The predicted octanol–water partition coefficient (Wildman–Crippen LogP) is 3.14. The molecule has 0 aliphatic carbocycles. The number of halogens is 1. The third-order valence-electron chi connectivity index (χ3n) is 3.34. The second-order valence-electron chi connectivity index (χ2n) is 5.30. The SMILES string of the molecule is CCNC(=NCc1ccsc1)NCCCNC(=O)c1occc1C.I. The van der Waals surface area contributed by atoms with Crippen LogP contribution in [-0.2, 0) is 6.54 Å². The molecular weight excluding hydrogens is 451 g/mol. The van der Waals surface area contributed by atoms with Gasteiger partial charge in [0.05, 0.1) is 12.8 Å². The lowest BCUT2D eigenvalue weighted by molar-refractivity contribution is 0.0925. The van der Waals surface area contributed by atoms with Crippen molar-refractivity contribution in [2.24, 2.45) is 4.99 Å². The van der Waals surface area contributed by atoms with Crippen LogP contribution >= 0.6 is 35.3 Å². The molecule has 2 rings (SSSR count). The molecule has 0 saturated heterocycles. The second-order valence-corrected chi connectivity index (χ2v) is 6.08. The predicted molar refractivity (Wildman–Crippen MR) is 113 cm³/mol. The Bertz CT molecular complexity index is 655. The number of furan rings is 1. The molecule has 6 nitrogen and oxygen atoms in total. The Morgan fingerprint density at radius 2 is 2.04 bits per heavy atom. The zero-order chi connectivity index (χ0) is 17.2. The molecule has 25 heavy (non-hydrogen) atoms. The number of thiophene rings is 1. The number of amides is 1. The molecule has 0 aliphatic heterocycles. The number of hydrogen-bond acceptors (Lipinski definition) is 4. The van der Waals surface area contributed by atoms with E-state index < -0.39 is 0 Å². The monoisotopic (exact) mass is 476 g/mol. The Hall–Kier alpha value is -1.55. The van der Waals surface area contributed by atoms with Crippen molar-refractivity contribution >= 4 is 47.2 Å². The number of carbonyl (C=O) groups excluding carboxylic acids is 1. The molecule has 0 atom stereocenters. The Labute approximate surface area is 169 Å². The molecule has 0 aromatic carbocycles. The highest BCUT2D eigenvalue weighted by atomic mass is 127. The minimum Gasteiger partial charge on any atom is -0.459 e. The first kappa shape index (κ1) is 21.5. The zero-order valence-electron chi connectivity index (χ0n) is 14.5. The third-order valence-corrected chi connectivity index (χ3v) is 4.08. The van der Waals surface area contributed by atoms with Gasteiger partial charge in [0.1, 0.15) is 0 Å². The summed E-state index contributed by atoms with van der Waals surface area (Å²) in [5, 5.41) is 13.5. The van der Waals surface area contributed by atoms with E-state index in [0.29, 0.717) is 18.8 Å². The normalized spacial score (nSPS) is 10.9. The van der Waals surface area contributed by atoms with Gasteiger partial charge in [-0.05, 0) is 48.7 Å². The second kappa shape index (κ2) is 11.9. The van der Waals surface area contributed by atoms with Gasteiger partial charge < -0.3 is 20.4 Å². The lowest BCUT2D eigenvalue weighted by Crippen LogP contribution is -2.38. The van der Waals surface area contributed by atoms with E-state index in [-0.39, 0.29) is 29.9 Å². The van der Waals surface area contributed by atoms with Gasteiger partial charge in [0.15, 0.2) is 11.7 Å². The summed E-state index contributed by atoms with van der Waals surface area (Å²) in [4.78, 5) is 16.4. The fourth-order valence-electron chi connectivity index (χ4n) is 2.08. The molecule has 3 N–H and O–H groups in total. The highest BCUT2D eigenvalue weighted by Crippen LogP contribution is 2.08. The van der Waals surface area contributed by atoms with Gasteiger partial charge in [0.2, 0.25) is 0 Å². The van der Waals surface area contributed by atoms with Gasteiger partial charge in [-0.25, -0.2) is 4.99 Å². The fourth-order valence-corrected chi connectivity index (χ4v) is 2.74. The average molecular weight is 476 g/mol.